The molecule has 0 atom stereocenters. The molecule has 0 fully saturated rings. The summed E-state index contributed by atoms with van der Waals surface area (Å²) in [5, 5.41) is 6.65. The lowest BCUT2D eigenvalue weighted by molar-refractivity contribution is -0.128. The molecular weight excluding hydrogens is 322 g/mol. The molecule has 2 amide bonds. The maximum absolute atomic E-state index is 11.9. The summed E-state index contributed by atoms with van der Waals surface area (Å²) in [5.41, 5.74) is 0.341. The van der Waals surface area contributed by atoms with E-state index in [2.05, 4.69) is 15.6 Å². The van der Waals surface area contributed by atoms with Crippen LogP contribution >= 0.6 is 22.9 Å². The highest BCUT2D eigenvalue weighted by Crippen LogP contribution is 2.28. The van der Waals surface area contributed by atoms with Crippen LogP contribution in [0.25, 0.3) is 10.2 Å². The molecule has 0 aliphatic rings. The second-order valence-corrected chi connectivity index (χ2v) is 7.40. The average molecular weight is 340 g/mol. The summed E-state index contributed by atoms with van der Waals surface area (Å²) >= 11 is 7.29. The Morgan fingerprint density at radius 1 is 1.32 bits per heavy atom. The van der Waals surface area contributed by atoms with E-state index in [1.165, 1.54) is 11.3 Å². The summed E-state index contributed by atoms with van der Waals surface area (Å²) < 4.78 is 0.920. The number of anilines is 1. The quantitative estimate of drug-likeness (QED) is 0.896. The molecule has 1 aromatic heterocycles. The molecule has 0 aliphatic carbocycles. The van der Waals surface area contributed by atoms with Crippen molar-refractivity contribution in [1.82, 2.24) is 10.3 Å². The number of aromatic nitrogens is 1. The van der Waals surface area contributed by atoms with Crippen LogP contribution < -0.4 is 10.6 Å². The van der Waals surface area contributed by atoms with Gasteiger partial charge in [0.15, 0.2) is 5.13 Å². The molecule has 0 aliphatic heterocycles. The van der Waals surface area contributed by atoms with Crippen LogP contribution in [0.1, 0.15) is 27.2 Å². The first-order valence-electron chi connectivity index (χ1n) is 6.90. The van der Waals surface area contributed by atoms with Crippen LogP contribution in [-0.4, -0.2) is 23.3 Å². The van der Waals surface area contributed by atoms with Gasteiger partial charge in [-0.15, -0.1) is 0 Å². The highest BCUT2D eigenvalue weighted by Gasteiger charge is 2.20. The molecule has 2 aromatic rings. The summed E-state index contributed by atoms with van der Waals surface area (Å²) in [6.45, 7) is 5.79. The van der Waals surface area contributed by atoms with Crippen LogP contribution in [0.4, 0.5) is 5.13 Å². The molecule has 22 heavy (non-hydrogen) atoms. The number of rotatable bonds is 4. The van der Waals surface area contributed by atoms with Crippen LogP contribution in [0.15, 0.2) is 18.2 Å². The Balaban J connectivity index is 1.87. The number of halogens is 1. The molecule has 0 radical (unpaired) electrons. The van der Waals surface area contributed by atoms with Crippen molar-refractivity contribution in [3.05, 3.63) is 23.2 Å². The van der Waals surface area contributed by atoms with Gasteiger partial charge >= 0.3 is 0 Å². The molecule has 1 heterocycles. The Kier molecular flexibility index (Phi) is 5.03. The maximum atomic E-state index is 11.9. The number of hydrogen-bond donors (Lipinski definition) is 2. The lowest BCUT2D eigenvalue weighted by Crippen LogP contribution is -2.36. The molecule has 2 N–H and O–H groups in total. The van der Waals surface area contributed by atoms with Crippen LogP contribution in [-0.2, 0) is 9.59 Å². The highest BCUT2D eigenvalue weighted by atomic mass is 35.5. The second kappa shape index (κ2) is 6.62. The van der Waals surface area contributed by atoms with E-state index in [-0.39, 0.29) is 18.2 Å². The van der Waals surface area contributed by atoms with Crippen LogP contribution in [0.5, 0.6) is 0 Å². The lowest BCUT2D eigenvalue weighted by Gasteiger charge is -2.17. The third-order valence-electron chi connectivity index (χ3n) is 2.92. The number of thiazole rings is 1. The van der Waals surface area contributed by atoms with Crippen molar-refractivity contribution >= 4 is 50.1 Å². The SMILES string of the molecule is CC(C)(C)C(=O)NCCC(=O)Nc1nc2ccc(Cl)cc2s1. The molecule has 1 aromatic carbocycles. The fourth-order valence-corrected chi connectivity index (χ4v) is 2.85. The molecule has 0 saturated carbocycles. The second-order valence-electron chi connectivity index (χ2n) is 5.94. The van der Waals surface area contributed by atoms with Gasteiger partial charge in [0.05, 0.1) is 10.2 Å². The average Bonchev–Trinajstić information content (AvgIpc) is 2.78. The summed E-state index contributed by atoms with van der Waals surface area (Å²) in [6.07, 6.45) is 0.207. The van der Waals surface area contributed by atoms with Gasteiger partial charge in [-0.3, -0.25) is 9.59 Å². The standard InChI is InChI=1S/C15H18ClN3O2S/c1-15(2,3)13(21)17-7-6-12(20)19-14-18-10-5-4-9(16)8-11(10)22-14/h4-5,8H,6-7H2,1-3H3,(H,17,21)(H,18,19,20). The third-order valence-corrected chi connectivity index (χ3v) is 4.08. The van der Waals surface area contributed by atoms with Gasteiger partial charge in [0.1, 0.15) is 0 Å². The van der Waals surface area contributed by atoms with Gasteiger partial charge in [-0.2, -0.15) is 0 Å². The zero-order valence-electron chi connectivity index (χ0n) is 12.7. The van der Waals surface area contributed by atoms with Gasteiger partial charge in [-0.05, 0) is 18.2 Å². The Hall–Kier alpha value is -1.66. The van der Waals surface area contributed by atoms with Gasteiger partial charge in [0.25, 0.3) is 0 Å². The number of nitrogens with zero attached hydrogens (tertiary/aromatic N) is 1. The minimum absolute atomic E-state index is 0.0741. The van der Waals surface area contributed by atoms with Crippen LogP contribution in [0.3, 0.4) is 0 Å². The Morgan fingerprint density at radius 2 is 2.05 bits per heavy atom. The minimum Gasteiger partial charge on any atom is -0.355 e. The van der Waals surface area contributed by atoms with E-state index in [4.69, 9.17) is 11.6 Å². The van der Waals surface area contributed by atoms with E-state index in [1.54, 1.807) is 6.07 Å². The van der Waals surface area contributed by atoms with E-state index >= 15 is 0 Å². The third kappa shape index (κ3) is 4.42. The van der Waals surface area contributed by atoms with E-state index in [1.807, 2.05) is 32.9 Å². The summed E-state index contributed by atoms with van der Waals surface area (Å²) in [5.74, 6) is -0.255. The van der Waals surface area contributed by atoms with Crippen molar-refractivity contribution in [2.75, 3.05) is 11.9 Å². The summed E-state index contributed by atoms with van der Waals surface area (Å²) in [7, 11) is 0. The first-order chi connectivity index (χ1) is 10.3. The molecular formula is C15H18ClN3O2S. The number of carbonyl (C=O) groups excluding carboxylic acids is 2. The number of benzene rings is 1. The molecule has 0 bridgehead atoms. The molecule has 118 valence electrons. The largest absolute Gasteiger partial charge is 0.355 e. The lowest BCUT2D eigenvalue weighted by atomic mass is 9.96. The zero-order valence-corrected chi connectivity index (χ0v) is 14.3. The van der Waals surface area contributed by atoms with E-state index in [9.17, 15) is 9.59 Å². The van der Waals surface area contributed by atoms with Gasteiger partial charge < -0.3 is 10.6 Å². The van der Waals surface area contributed by atoms with Crippen molar-refractivity contribution in [2.45, 2.75) is 27.2 Å². The molecule has 7 heteroatoms. The molecule has 2 rings (SSSR count). The zero-order chi connectivity index (χ0) is 16.3. The fraction of sp³-hybridized carbons (Fsp3) is 0.400. The van der Waals surface area contributed by atoms with Crippen molar-refractivity contribution in [3.63, 3.8) is 0 Å². The number of carbonyl (C=O) groups is 2. The van der Waals surface area contributed by atoms with Gasteiger partial charge in [0.2, 0.25) is 11.8 Å². The first-order valence-corrected chi connectivity index (χ1v) is 8.09. The summed E-state index contributed by atoms with van der Waals surface area (Å²) in [4.78, 5) is 27.9. The maximum Gasteiger partial charge on any atom is 0.227 e. The van der Waals surface area contributed by atoms with Crippen LogP contribution in [0.2, 0.25) is 5.02 Å². The topological polar surface area (TPSA) is 71.1 Å². The normalized spacial score (nSPS) is 11.5. The summed E-state index contributed by atoms with van der Waals surface area (Å²) in [6, 6.07) is 5.39. The Bertz CT molecular complexity index is 706. The van der Waals surface area contributed by atoms with Crippen molar-refractivity contribution in [2.24, 2.45) is 5.41 Å². The van der Waals surface area contributed by atoms with Crippen molar-refractivity contribution in [1.29, 1.82) is 0 Å². The number of nitrogens with one attached hydrogen (secondary N) is 2. The smallest absolute Gasteiger partial charge is 0.227 e. The number of fused-ring (bicyclic) bond motifs is 1. The van der Waals surface area contributed by atoms with Gasteiger partial charge in [-0.25, -0.2) is 4.98 Å². The predicted octanol–water partition coefficient (Wildman–Crippen LogP) is 3.44. The predicted molar refractivity (Wildman–Crippen MR) is 90.3 cm³/mol. The number of hydrogen-bond acceptors (Lipinski definition) is 4. The monoisotopic (exact) mass is 339 g/mol. The minimum atomic E-state index is -0.456. The molecule has 0 unspecified atom stereocenters. The molecule has 5 nitrogen and oxygen atoms in total. The molecule has 0 spiro atoms. The first kappa shape index (κ1) is 16.7. The van der Waals surface area contributed by atoms with Gasteiger partial charge in [-0.1, -0.05) is 43.7 Å². The highest BCUT2D eigenvalue weighted by molar-refractivity contribution is 7.22. The van der Waals surface area contributed by atoms with Crippen molar-refractivity contribution < 1.29 is 9.59 Å². The van der Waals surface area contributed by atoms with Gasteiger partial charge in [0, 0.05) is 23.4 Å². The van der Waals surface area contributed by atoms with Crippen molar-refractivity contribution in [3.8, 4) is 0 Å². The van der Waals surface area contributed by atoms with E-state index in [0.29, 0.717) is 16.7 Å². The molecule has 0 saturated heterocycles. The number of amides is 2. The Labute approximate surface area is 138 Å². The Morgan fingerprint density at radius 3 is 2.73 bits per heavy atom. The van der Waals surface area contributed by atoms with E-state index < -0.39 is 5.41 Å². The van der Waals surface area contributed by atoms with E-state index in [0.717, 1.165) is 10.2 Å². The van der Waals surface area contributed by atoms with Crippen LogP contribution in [0, 0.1) is 5.41 Å². The fourth-order valence-electron chi connectivity index (χ4n) is 1.69.